The Morgan fingerprint density at radius 2 is 1.13 bits per heavy atom. The van der Waals surface area contributed by atoms with Crippen molar-refractivity contribution in [3.05, 3.63) is 24.2 Å². The van der Waals surface area contributed by atoms with E-state index < -0.39 is 31.3 Å². The van der Waals surface area contributed by atoms with Gasteiger partial charge in [0.2, 0.25) is 0 Å². The number of hydrogen-bond donors (Lipinski definition) is 6. The van der Waals surface area contributed by atoms with E-state index in [1.807, 2.05) is 12.1 Å². The summed E-state index contributed by atoms with van der Waals surface area (Å²) in [4.78, 5) is 0. The zero-order chi connectivity index (χ0) is 20.5. The van der Waals surface area contributed by atoms with Gasteiger partial charge in [0.25, 0.3) is 0 Å². The van der Waals surface area contributed by atoms with Crippen molar-refractivity contribution in [2.45, 2.75) is 23.9 Å². The van der Waals surface area contributed by atoms with Crippen molar-refractivity contribution in [2.75, 3.05) is 6.61 Å². The van der Waals surface area contributed by atoms with E-state index in [0.717, 1.165) is 18.6 Å². The van der Waals surface area contributed by atoms with E-state index in [1.165, 1.54) is 0 Å². The first kappa shape index (κ1) is 52.2. The fourth-order valence-corrected chi connectivity index (χ4v) is 0.708. The Kier molecular flexibility index (Phi) is 35.3. The molecule has 1 rings (SSSR count). The summed E-state index contributed by atoms with van der Waals surface area (Å²) in [6.07, 6.45) is 3.27. The summed E-state index contributed by atoms with van der Waals surface area (Å²) in [5, 5.41) is 8.42. The molecular formula is C9H25F6N5O8OsS2. The maximum atomic E-state index is 10.7. The molecule has 31 heavy (non-hydrogen) atoms. The average molecular weight is 700 g/mol. The van der Waals surface area contributed by atoms with Crippen molar-refractivity contribution in [3.63, 3.8) is 0 Å². The van der Waals surface area contributed by atoms with Gasteiger partial charge in [0.05, 0.1) is 6.26 Å². The van der Waals surface area contributed by atoms with Crippen molar-refractivity contribution in [3.8, 4) is 0 Å². The number of furan rings is 1. The molecule has 1 aromatic heterocycles. The zero-order valence-electron chi connectivity index (χ0n) is 15.6. The molecule has 0 spiro atoms. The molecule has 0 aliphatic rings. The summed E-state index contributed by atoms with van der Waals surface area (Å²) in [5.41, 5.74) is -11.3. The number of aliphatic hydroxyl groups excluding tert-OH is 1. The predicted molar refractivity (Wildman–Crippen MR) is 90.7 cm³/mol. The summed E-state index contributed by atoms with van der Waals surface area (Å²) in [5.74, 6) is 0.948. The van der Waals surface area contributed by atoms with Crippen LogP contribution >= 0.6 is 0 Å². The Morgan fingerprint density at radius 3 is 1.29 bits per heavy atom. The summed E-state index contributed by atoms with van der Waals surface area (Å²) in [6.45, 7) is 0.237. The van der Waals surface area contributed by atoms with E-state index in [0.29, 0.717) is 0 Å². The molecule has 0 atom stereocenters. The second-order valence-corrected chi connectivity index (χ2v) is 6.45. The van der Waals surface area contributed by atoms with Crippen molar-refractivity contribution < 1.29 is 81.6 Å². The molecule has 13 nitrogen and oxygen atoms in total. The van der Waals surface area contributed by atoms with Gasteiger partial charge in [-0.25, -0.2) is 16.8 Å². The van der Waals surface area contributed by atoms with Crippen LogP contribution in [-0.4, -0.2) is 48.7 Å². The van der Waals surface area contributed by atoms with E-state index in [-0.39, 0.29) is 57.2 Å². The van der Waals surface area contributed by atoms with Crippen LogP contribution in [0.25, 0.3) is 0 Å². The van der Waals surface area contributed by atoms with Crippen LogP contribution in [0.2, 0.25) is 0 Å². The topological polar surface area (TPSA) is 323 Å². The summed E-state index contributed by atoms with van der Waals surface area (Å²) in [7, 11) is -12.2. The molecule has 0 aromatic carbocycles. The average Bonchev–Trinajstić information content (AvgIpc) is 2.86. The van der Waals surface area contributed by atoms with Gasteiger partial charge in [0.1, 0.15) is 5.76 Å². The second kappa shape index (κ2) is 21.0. The van der Waals surface area contributed by atoms with Crippen LogP contribution in [0.5, 0.6) is 0 Å². The van der Waals surface area contributed by atoms with E-state index >= 15 is 0 Å². The molecule has 0 bridgehead atoms. The van der Waals surface area contributed by atoms with Gasteiger partial charge in [-0.2, -0.15) is 26.3 Å². The molecule has 0 unspecified atom stereocenters. The molecule has 196 valence electrons. The minimum absolute atomic E-state index is 0. The fraction of sp³-hybridized carbons (Fsp3) is 0.556. The number of alkyl halides is 6. The van der Waals surface area contributed by atoms with Crippen LogP contribution in [0.15, 0.2) is 22.8 Å². The van der Waals surface area contributed by atoms with Crippen LogP contribution in [-0.2, 0) is 46.4 Å². The molecule has 0 saturated carbocycles. The van der Waals surface area contributed by atoms with E-state index in [9.17, 15) is 26.3 Å². The van der Waals surface area contributed by atoms with Gasteiger partial charge >= 0.3 is 30.8 Å². The molecule has 0 aliphatic heterocycles. The van der Waals surface area contributed by atoms with Crippen molar-refractivity contribution >= 4 is 20.2 Å². The van der Waals surface area contributed by atoms with Gasteiger partial charge in [-0.3, -0.25) is 0 Å². The first-order valence-corrected chi connectivity index (χ1v) is 8.42. The Morgan fingerprint density at radius 1 is 0.839 bits per heavy atom. The van der Waals surface area contributed by atoms with Gasteiger partial charge in [-0.1, -0.05) is 0 Å². The fourth-order valence-electron chi connectivity index (χ4n) is 0.708. The van der Waals surface area contributed by atoms with Crippen LogP contribution in [0, 0.1) is 0 Å². The number of aliphatic hydroxyl groups is 1. The summed E-state index contributed by atoms with van der Waals surface area (Å²) >= 11 is 0. The van der Waals surface area contributed by atoms with Crippen LogP contribution < -0.4 is 30.8 Å². The van der Waals surface area contributed by atoms with E-state index in [1.54, 1.807) is 6.26 Å². The third-order valence-electron chi connectivity index (χ3n) is 1.73. The largest absolute Gasteiger partial charge is 2.00 e. The van der Waals surface area contributed by atoms with E-state index in [4.69, 9.17) is 35.5 Å². The molecule has 0 amide bonds. The Balaban J connectivity index is -0.0000000390. The predicted octanol–water partition coefficient (Wildman–Crippen LogP) is 2.11. The Labute approximate surface area is 187 Å². The van der Waals surface area contributed by atoms with Crippen molar-refractivity contribution in [1.82, 2.24) is 30.8 Å². The molecule has 0 radical (unpaired) electrons. The standard InChI is InChI=1S/C7H10O2.2CHF3O3S.5H3N.Os/c8-5-1-3-7-4-2-6-9-7;2*2-1(3,4)8(5,6)7;;;;;;/h2,4,6,8H,1,3,5H2;2*(H,5,6,7);5*1H3;/q;;;;;;;;+2/p-2. The minimum Gasteiger partial charge on any atom is -0.741 e. The molecule has 0 fully saturated rings. The normalized spacial score (nSPS) is 10.1. The molecular weight excluding hydrogens is 674 g/mol. The summed E-state index contributed by atoms with van der Waals surface area (Å²) < 4.78 is 123. The van der Waals surface area contributed by atoms with Gasteiger partial charge < -0.3 is 49.4 Å². The Hall–Kier alpha value is -0.924. The third-order valence-corrected chi connectivity index (χ3v) is 2.86. The van der Waals surface area contributed by atoms with Gasteiger partial charge in [-0.15, -0.1) is 0 Å². The van der Waals surface area contributed by atoms with Crippen molar-refractivity contribution in [1.29, 1.82) is 0 Å². The van der Waals surface area contributed by atoms with Crippen LogP contribution in [0.4, 0.5) is 26.3 Å². The van der Waals surface area contributed by atoms with Crippen LogP contribution in [0.1, 0.15) is 12.2 Å². The van der Waals surface area contributed by atoms with Gasteiger partial charge in [0, 0.05) is 13.0 Å². The number of rotatable bonds is 3. The molecule has 0 saturated heterocycles. The third kappa shape index (κ3) is 27.0. The Bertz CT molecular complexity index is 659. The monoisotopic (exact) mass is 701 g/mol. The number of halogens is 6. The van der Waals surface area contributed by atoms with Gasteiger partial charge in [-0.05, 0) is 18.6 Å². The zero-order valence-corrected chi connectivity index (χ0v) is 19.8. The van der Waals surface area contributed by atoms with Crippen molar-refractivity contribution in [2.24, 2.45) is 0 Å². The SMILES string of the molecule is N.N.N.N.N.O=S(=O)([O-])C(F)(F)F.O=S(=O)([O-])C(F)(F)F.OCCCc1ccco1.[Os+2]. The quantitative estimate of drug-likeness (QED) is 0.150. The first-order chi connectivity index (χ1) is 10.9. The first-order valence-electron chi connectivity index (χ1n) is 5.61. The second-order valence-electron chi connectivity index (χ2n) is 3.71. The molecule has 22 heteroatoms. The smallest absolute Gasteiger partial charge is 0.741 e. The van der Waals surface area contributed by atoms with E-state index in [2.05, 4.69) is 0 Å². The number of aryl methyl sites for hydroxylation is 1. The van der Waals surface area contributed by atoms with Crippen LogP contribution in [0.3, 0.4) is 0 Å². The minimum atomic E-state index is -6.09. The molecule has 1 heterocycles. The maximum Gasteiger partial charge on any atom is 2.00 e. The molecule has 16 N–H and O–H groups in total. The van der Waals surface area contributed by atoms with Gasteiger partial charge in [0.15, 0.2) is 20.2 Å². The number of hydrogen-bond acceptors (Lipinski definition) is 13. The molecule has 0 aliphatic carbocycles. The summed E-state index contributed by atoms with van der Waals surface area (Å²) in [6, 6.07) is 3.77. The molecule has 1 aromatic rings. The maximum absolute atomic E-state index is 10.7.